The maximum absolute atomic E-state index is 14.3. The van der Waals surface area contributed by atoms with Gasteiger partial charge in [-0.2, -0.15) is 4.98 Å². The molecule has 7 rings (SSSR count). The fourth-order valence-electron chi connectivity index (χ4n) is 6.43. The number of anilines is 1. The van der Waals surface area contributed by atoms with E-state index >= 15 is 0 Å². The van der Waals surface area contributed by atoms with Crippen LogP contribution in [0.15, 0.2) is 48.5 Å². The Hall–Kier alpha value is -3.97. The van der Waals surface area contributed by atoms with E-state index in [1.54, 1.807) is 31.4 Å². The number of fused-ring (bicyclic) bond motifs is 2. The van der Waals surface area contributed by atoms with Crippen LogP contribution >= 0.6 is 11.6 Å². The number of imidazole rings is 1. The third kappa shape index (κ3) is 5.97. The fourth-order valence-corrected chi connectivity index (χ4v) is 6.59. The van der Waals surface area contributed by atoms with Crippen molar-refractivity contribution in [3.05, 3.63) is 76.3 Å². The van der Waals surface area contributed by atoms with Crippen molar-refractivity contribution in [3.63, 3.8) is 0 Å². The Balaban J connectivity index is 1.12. The summed E-state index contributed by atoms with van der Waals surface area (Å²) >= 11 is 5.89. The number of aromatic nitrogens is 3. The van der Waals surface area contributed by atoms with Crippen LogP contribution in [0.4, 0.5) is 10.2 Å². The van der Waals surface area contributed by atoms with Crippen LogP contribution in [0.5, 0.6) is 11.6 Å². The Morgan fingerprint density at radius 3 is 2.70 bits per heavy atom. The molecule has 0 spiro atoms. The monoisotopic (exact) mass is 651 g/mol. The molecule has 3 aliphatic heterocycles. The predicted molar refractivity (Wildman–Crippen MR) is 168 cm³/mol. The smallest absolute Gasteiger partial charge is 0.338 e. The van der Waals surface area contributed by atoms with Crippen molar-refractivity contribution in [2.75, 3.05) is 52.0 Å². The summed E-state index contributed by atoms with van der Waals surface area (Å²) in [6, 6.07) is 13.8. The van der Waals surface area contributed by atoms with Crippen LogP contribution in [0.3, 0.4) is 0 Å². The number of hydrogen-bond donors (Lipinski definition) is 0. The molecule has 46 heavy (non-hydrogen) atoms. The number of ether oxygens (including phenoxy) is 5. The van der Waals surface area contributed by atoms with E-state index < -0.39 is 11.8 Å². The maximum Gasteiger partial charge on any atom is 0.338 e. The van der Waals surface area contributed by atoms with Gasteiger partial charge in [0, 0.05) is 36.3 Å². The van der Waals surface area contributed by atoms with Crippen LogP contribution in [0.2, 0.25) is 5.02 Å². The molecule has 3 fully saturated rings. The van der Waals surface area contributed by atoms with Crippen molar-refractivity contribution in [2.24, 2.45) is 0 Å². The van der Waals surface area contributed by atoms with Crippen LogP contribution in [0, 0.1) is 5.82 Å². The normalized spacial score (nSPS) is 21.2. The molecule has 0 bridgehead atoms. The van der Waals surface area contributed by atoms with Crippen molar-refractivity contribution >= 4 is 34.4 Å². The highest BCUT2D eigenvalue weighted by Crippen LogP contribution is 2.33. The van der Waals surface area contributed by atoms with E-state index in [0.29, 0.717) is 66.1 Å². The molecule has 0 aliphatic carbocycles. The molecule has 5 heterocycles. The first-order chi connectivity index (χ1) is 22.4. The molecule has 13 heteroatoms. The van der Waals surface area contributed by atoms with Gasteiger partial charge < -0.3 is 33.2 Å². The van der Waals surface area contributed by atoms with E-state index in [4.69, 9.17) is 45.3 Å². The molecule has 242 valence electrons. The molecule has 0 N–H and O–H groups in total. The number of rotatable bonds is 10. The molecular formula is C33H35ClFN5O6. The quantitative estimate of drug-likeness (QED) is 0.228. The summed E-state index contributed by atoms with van der Waals surface area (Å²) in [6.07, 6.45) is 1.05. The summed E-state index contributed by atoms with van der Waals surface area (Å²) < 4.78 is 44.8. The molecule has 3 atom stereocenters. The van der Waals surface area contributed by atoms with Gasteiger partial charge in [0.1, 0.15) is 35.3 Å². The number of carbonyl (C=O) groups excluding carboxylic acids is 1. The summed E-state index contributed by atoms with van der Waals surface area (Å²) in [7, 11) is 2.94. The summed E-state index contributed by atoms with van der Waals surface area (Å²) in [5.74, 6) is 1.73. The maximum atomic E-state index is 14.3. The van der Waals surface area contributed by atoms with Crippen molar-refractivity contribution in [3.8, 4) is 11.6 Å². The summed E-state index contributed by atoms with van der Waals surface area (Å²) in [5.41, 5.74) is 2.32. The number of esters is 1. The Morgan fingerprint density at radius 2 is 1.93 bits per heavy atom. The third-order valence-electron chi connectivity index (χ3n) is 8.98. The van der Waals surface area contributed by atoms with Gasteiger partial charge in [0.05, 0.1) is 69.8 Å². The second-order valence-electron chi connectivity index (χ2n) is 11.7. The lowest BCUT2D eigenvalue weighted by Gasteiger charge is -2.44. The number of pyridine rings is 1. The van der Waals surface area contributed by atoms with E-state index in [-0.39, 0.29) is 24.8 Å². The zero-order chi connectivity index (χ0) is 31.8. The van der Waals surface area contributed by atoms with Crippen LogP contribution in [-0.2, 0) is 33.9 Å². The van der Waals surface area contributed by atoms with Gasteiger partial charge >= 0.3 is 5.97 Å². The minimum atomic E-state index is -0.434. The number of nitrogens with zero attached hydrogens (tertiary/aromatic N) is 5. The van der Waals surface area contributed by atoms with Crippen molar-refractivity contribution < 1.29 is 32.9 Å². The molecule has 0 amide bonds. The van der Waals surface area contributed by atoms with E-state index in [0.717, 1.165) is 36.7 Å². The zero-order valence-electron chi connectivity index (χ0n) is 25.7. The Bertz CT molecular complexity index is 1750. The van der Waals surface area contributed by atoms with Gasteiger partial charge in [0.25, 0.3) is 0 Å². The lowest BCUT2D eigenvalue weighted by Crippen LogP contribution is -2.59. The number of benzene rings is 2. The van der Waals surface area contributed by atoms with E-state index in [9.17, 15) is 9.18 Å². The molecular weight excluding hydrogens is 617 g/mol. The van der Waals surface area contributed by atoms with Gasteiger partial charge in [-0.15, -0.1) is 0 Å². The predicted octanol–water partition coefficient (Wildman–Crippen LogP) is 4.48. The Morgan fingerprint density at radius 1 is 1.09 bits per heavy atom. The fraction of sp³-hybridized carbons (Fsp3) is 0.424. The van der Waals surface area contributed by atoms with Crippen molar-refractivity contribution in [1.29, 1.82) is 0 Å². The number of halogens is 2. The van der Waals surface area contributed by atoms with Crippen LogP contribution in [-0.4, -0.2) is 90.7 Å². The van der Waals surface area contributed by atoms with Gasteiger partial charge in [-0.3, -0.25) is 4.90 Å². The molecule has 0 saturated carbocycles. The highest BCUT2D eigenvalue weighted by atomic mass is 35.5. The first-order valence-electron chi connectivity index (χ1n) is 15.3. The first kappa shape index (κ1) is 30.7. The van der Waals surface area contributed by atoms with Crippen molar-refractivity contribution in [1.82, 2.24) is 19.4 Å². The highest BCUT2D eigenvalue weighted by Gasteiger charge is 2.42. The standard InChI is InChI=1S/C33H35ClFN5O6/c1-42-28-13-21(33(41)43-2)12-25-32(28)37-30(40(25)15-23-8-11-45-23)16-38-9-10-39(27-19-44-18-26(27)38)29-4-3-5-31(36-29)46-17-20-6-7-22(34)14-24(20)35/h3-7,12-14,23,26-27H,8-11,15-19H2,1-2H3/t23-,26?,27?/m0/s1. The topological polar surface area (TPSA) is 100 Å². The lowest BCUT2D eigenvalue weighted by molar-refractivity contribution is -0.0592. The average Bonchev–Trinajstić information content (AvgIpc) is 3.67. The van der Waals surface area contributed by atoms with Gasteiger partial charge in [0.15, 0.2) is 0 Å². The molecule has 2 unspecified atom stereocenters. The molecule has 3 aliphatic rings. The number of carbonyl (C=O) groups is 1. The first-order valence-corrected chi connectivity index (χ1v) is 15.7. The highest BCUT2D eigenvalue weighted by molar-refractivity contribution is 6.30. The third-order valence-corrected chi connectivity index (χ3v) is 9.21. The molecule has 0 radical (unpaired) electrons. The molecule has 2 aromatic carbocycles. The zero-order valence-corrected chi connectivity index (χ0v) is 26.4. The summed E-state index contributed by atoms with van der Waals surface area (Å²) in [4.78, 5) is 27.0. The minimum absolute atomic E-state index is 0.0429. The van der Waals surface area contributed by atoms with Crippen LogP contribution < -0.4 is 14.4 Å². The molecule has 2 aromatic heterocycles. The molecule has 4 aromatic rings. The van der Waals surface area contributed by atoms with Gasteiger partial charge in [-0.05, 0) is 36.8 Å². The lowest BCUT2D eigenvalue weighted by atomic mass is 10.0. The average molecular weight is 652 g/mol. The van der Waals surface area contributed by atoms with Crippen LogP contribution in [0.1, 0.15) is 28.2 Å². The number of hydrogen-bond acceptors (Lipinski definition) is 10. The van der Waals surface area contributed by atoms with Gasteiger partial charge in [-0.25, -0.2) is 14.2 Å². The molecule has 3 saturated heterocycles. The largest absolute Gasteiger partial charge is 0.494 e. The second-order valence-corrected chi connectivity index (χ2v) is 12.1. The van der Waals surface area contributed by atoms with Crippen molar-refractivity contribution in [2.45, 2.75) is 44.3 Å². The van der Waals surface area contributed by atoms with E-state index in [1.165, 1.54) is 13.2 Å². The van der Waals surface area contributed by atoms with Gasteiger partial charge in [-0.1, -0.05) is 23.7 Å². The Kier molecular flexibility index (Phi) is 8.69. The number of piperazine rings is 1. The summed E-state index contributed by atoms with van der Waals surface area (Å²) in [5, 5.41) is 0.339. The SMILES string of the molecule is COC(=O)c1cc(OC)c2nc(CN3CCN(c4cccc(OCc5ccc(Cl)cc5F)n4)C4COCC43)n(C[C@@H]3CCO3)c2c1. The van der Waals surface area contributed by atoms with Crippen LogP contribution in [0.25, 0.3) is 11.0 Å². The number of methoxy groups -OCH3 is 2. The summed E-state index contributed by atoms with van der Waals surface area (Å²) in [6.45, 7) is 4.60. The van der Waals surface area contributed by atoms with E-state index in [2.05, 4.69) is 14.4 Å². The second kappa shape index (κ2) is 13.0. The van der Waals surface area contributed by atoms with Gasteiger partial charge in [0.2, 0.25) is 5.88 Å². The minimum Gasteiger partial charge on any atom is -0.494 e. The molecule has 11 nitrogen and oxygen atoms in total. The Labute approximate surface area is 270 Å². The van der Waals surface area contributed by atoms with E-state index in [1.807, 2.05) is 18.2 Å².